The number of nitrogens with zero attached hydrogens (tertiary/aromatic N) is 2. The van der Waals surface area contributed by atoms with Crippen LogP contribution in [0.4, 0.5) is 4.79 Å². The predicted molar refractivity (Wildman–Crippen MR) is 81.1 cm³/mol. The number of hydrogen-bond donors (Lipinski definition) is 1. The molecule has 21 heavy (non-hydrogen) atoms. The molecule has 5 nitrogen and oxygen atoms in total. The highest BCUT2D eigenvalue weighted by molar-refractivity contribution is 5.80. The van der Waals surface area contributed by atoms with Crippen LogP contribution in [0.3, 0.4) is 0 Å². The zero-order valence-corrected chi connectivity index (χ0v) is 13.6. The van der Waals surface area contributed by atoms with Crippen LogP contribution in [0.5, 0.6) is 0 Å². The molecular weight excluding hydrogens is 268 g/mol. The Morgan fingerprint density at radius 3 is 2.43 bits per heavy atom. The van der Waals surface area contributed by atoms with Gasteiger partial charge in [-0.15, -0.1) is 0 Å². The zero-order valence-electron chi connectivity index (χ0n) is 13.6. The van der Waals surface area contributed by atoms with E-state index in [9.17, 15) is 14.7 Å². The molecule has 2 saturated heterocycles. The highest BCUT2D eigenvalue weighted by Crippen LogP contribution is 2.39. The Hall–Kier alpha value is -1.26. The molecule has 1 N–H and O–H groups in total. The van der Waals surface area contributed by atoms with Crippen molar-refractivity contribution in [2.24, 2.45) is 17.3 Å². The van der Waals surface area contributed by atoms with E-state index in [0.29, 0.717) is 25.4 Å². The van der Waals surface area contributed by atoms with Crippen LogP contribution in [0.2, 0.25) is 0 Å². The van der Waals surface area contributed by atoms with Gasteiger partial charge in [-0.1, -0.05) is 20.8 Å². The van der Waals surface area contributed by atoms with Crippen LogP contribution in [0.1, 0.15) is 47.0 Å². The van der Waals surface area contributed by atoms with Gasteiger partial charge in [0.2, 0.25) is 0 Å². The Bertz CT molecular complexity index is 424. The molecule has 0 aromatic rings. The molecule has 0 radical (unpaired) electrons. The molecule has 5 heteroatoms. The van der Waals surface area contributed by atoms with E-state index in [1.807, 2.05) is 18.7 Å². The standard InChI is InChI=1S/C16H28N2O3/c1-11(2)16(14(19)20)7-9-17(10-16)15(21)18-8-5-6-12(3)13(18)4/h11-13H,5-10H2,1-4H3,(H,19,20). The number of likely N-dealkylation sites (tertiary alicyclic amines) is 2. The summed E-state index contributed by atoms with van der Waals surface area (Å²) in [4.78, 5) is 28.1. The fourth-order valence-electron chi connectivity index (χ4n) is 3.68. The topological polar surface area (TPSA) is 60.9 Å². The van der Waals surface area contributed by atoms with Crippen molar-refractivity contribution in [2.45, 2.75) is 53.0 Å². The maximum atomic E-state index is 12.7. The smallest absolute Gasteiger partial charge is 0.320 e. The lowest BCUT2D eigenvalue weighted by Crippen LogP contribution is -2.52. The number of carbonyl (C=O) groups excluding carboxylic acids is 1. The van der Waals surface area contributed by atoms with E-state index in [0.717, 1.165) is 19.4 Å². The van der Waals surface area contributed by atoms with Crippen LogP contribution in [-0.2, 0) is 4.79 Å². The number of carbonyl (C=O) groups is 2. The molecule has 120 valence electrons. The molecular formula is C16H28N2O3. The third kappa shape index (κ3) is 2.74. The first-order chi connectivity index (χ1) is 9.79. The van der Waals surface area contributed by atoms with Crippen molar-refractivity contribution in [3.05, 3.63) is 0 Å². The Morgan fingerprint density at radius 2 is 1.90 bits per heavy atom. The van der Waals surface area contributed by atoms with Gasteiger partial charge in [-0.2, -0.15) is 0 Å². The molecule has 0 aromatic carbocycles. The van der Waals surface area contributed by atoms with Gasteiger partial charge in [0.05, 0.1) is 5.41 Å². The summed E-state index contributed by atoms with van der Waals surface area (Å²) < 4.78 is 0. The number of hydrogen-bond acceptors (Lipinski definition) is 2. The van der Waals surface area contributed by atoms with Crippen molar-refractivity contribution in [3.63, 3.8) is 0 Å². The molecule has 2 rings (SSSR count). The molecule has 0 spiro atoms. The fraction of sp³-hybridized carbons (Fsp3) is 0.875. The average Bonchev–Trinajstić information content (AvgIpc) is 2.87. The second kappa shape index (κ2) is 5.85. The van der Waals surface area contributed by atoms with E-state index in [1.165, 1.54) is 0 Å². The van der Waals surface area contributed by atoms with E-state index in [4.69, 9.17) is 0 Å². The number of amides is 2. The van der Waals surface area contributed by atoms with Crippen molar-refractivity contribution >= 4 is 12.0 Å². The molecule has 0 bridgehead atoms. The SMILES string of the molecule is CC1CCCN(C(=O)N2CCC(C(=O)O)(C(C)C)C2)C1C. The molecule has 0 aromatic heterocycles. The minimum absolute atomic E-state index is 0.0258. The number of carboxylic acids is 1. The number of piperidine rings is 1. The Labute approximate surface area is 127 Å². The lowest BCUT2D eigenvalue weighted by atomic mass is 9.76. The summed E-state index contributed by atoms with van der Waals surface area (Å²) in [7, 11) is 0. The summed E-state index contributed by atoms with van der Waals surface area (Å²) in [6, 6.07) is 0.267. The van der Waals surface area contributed by atoms with Crippen molar-refractivity contribution in [3.8, 4) is 0 Å². The second-order valence-electron chi connectivity index (χ2n) is 7.12. The van der Waals surface area contributed by atoms with Gasteiger partial charge in [-0.3, -0.25) is 4.79 Å². The minimum Gasteiger partial charge on any atom is -0.481 e. The third-order valence-corrected chi connectivity index (χ3v) is 5.72. The summed E-state index contributed by atoms with van der Waals surface area (Å²) >= 11 is 0. The molecule has 2 heterocycles. The zero-order chi connectivity index (χ0) is 15.8. The average molecular weight is 296 g/mol. The van der Waals surface area contributed by atoms with Gasteiger partial charge in [0.15, 0.2) is 0 Å². The van der Waals surface area contributed by atoms with E-state index >= 15 is 0 Å². The summed E-state index contributed by atoms with van der Waals surface area (Å²) in [6.07, 6.45) is 2.76. The van der Waals surface area contributed by atoms with Crippen molar-refractivity contribution in [1.29, 1.82) is 0 Å². The summed E-state index contributed by atoms with van der Waals surface area (Å²) in [6.45, 7) is 9.86. The summed E-state index contributed by atoms with van der Waals surface area (Å²) in [5, 5.41) is 9.59. The maximum Gasteiger partial charge on any atom is 0.320 e. The fourth-order valence-corrected chi connectivity index (χ4v) is 3.68. The quantitative estimate of drug-likeness (QED) is 0.852. The van der Waals surface area contributed by atoms with Gasteiger partial charge in [0.25, 0.3) is 0 Å². The van der Waals surface area contributed by atoms with Crippen molar-refractivity contribution in [2.75, 3.05) is 19.6 Å². The van der Waals surface area contributed by atoms with Gasteiger partial charge in [0, 0.05) is 25.7 Å². The van der Waals surface area contributed by atoms with Crippen molar-refractivity contribution < 1.29 is 14.7 Å². The van der Waals surface area contributed by atoms with E-state index in [2.05, 4.69) is 13.8 Å². The number of aliphatic carboxylic acids is 1. The largest absolute Gasteiger partial charge is 0.481 e. The van der Waals surface area contributed by atoms with Crippen LogP contribution in [0.15, 0.2) is 0 Å². The number of urea groups is 1. The summed E-state index contributed by atoms with van der Waals surface area (Å²) in [5.41, 5.74) is -0.777. The lowest BCUT2D eigenvalue weighted by molar-refractivity contribution is -0.150. The van der Waals surface area contributed by atoms with Gasteiger partial charge < -0.3 is 14.9 Å². The van der Waals surface area contributed by atoms with Gasteiger partial charge in [0.1, 0.15) is 0 Å². The maximum absolute atomic E-state index is 12.7. The first-order valence-electron chi connectivity index (χ1n) is 8.08. The van der Waals surface area contributed by atoms with Gasteiger partial charge in [-0.25, -0.2) is 4.79 Å². The molecule has 2 aliphatic rings. The first kappa shape index (κ1) is 16.1. The third-order valence-electron chi connectivity index (χ3n) is 5.72. The molecule has 2 amide bonds. The second-order valence-corrected chi connectivity index (χ2v) is 7.12. The first-order valence-corrected chi connectivity index (χ1v) is 8.08. The van der Waals surface area contributed by atoms with Crippen LogP contribution in [0, 0.1) is 17.3 Å². The molecule has 3 atom stereocenters. The molecule has 2 aliphatic heterocycles. The van der Waals surface area contributed by atoms with E-state index in [1.54, 1.807) is 4.90 Å². The Kier molecular flexibility index (Phi) is 4.49. The Morgan fingerprint density at radius 1 is 1.24 bits per heavy atom. The van der Waals surface area contributed by atoms with Crippen LogP contribution in [-0.4, -0.2) is 52.6 Å². The van der Waals surface area contributed by atoms with E-state index < -0.39 is 11.4 Å². The van der Waals surface area contributed by atoms with Crippen molar-refractivity contribution in [1.82, 2.24) is 9.80 Å². The highest BCUT2D eigenvalue weighted by atomic mass is 16.4. The minimum atomic E-state index is -0.777. The molecule has 3 unspecified atom stereocenters. The highest BCUT2D eigenvalue weighted by Gasteiger charge is 2.49. The van der Waals surface area contributed by atoms with Crippen LogP contribution < -0.4 is 0 Å². The van der Waals surface area contributed by atoms with Gasteiger partial charge in [-0.05, 0) is 38.0 Å². The molecule has 0 aliphatic carbocycles. The monoisotopic (exact) mass is 296 g/mol. The molecule has 2 fully saturated rings. The number of rotatable bonds is 2. The van der Waals surface area contributed by atoms with E-state index in [-0.39, 0.29) is 18.0 Å². The molecule has 0 saturated carbocycles. The van der Waals surface area contributed by atoms with Crippen LogP contribution in [0.25, 0.3) is 0 Å². The summed E-state index contributed by atoms with van der Waals surface area (Å²) in [5.74, 6) is -0.224. The van der Waals surface area contributed by atoms with Crippen LogP contribution >= 0.6 is 0 Å². The Balaban J connectivity index is 2.10. The predicted octanol–water partition coefficient (Wildman–Crippen LogP) is 2.66. The van der Waals surface area contributed by atoms with Gasteiger partial charge >= 0.3 is 12.0 Å². The number of carboxylic acid groups (broad SMARTS) is 1. The normalized spacial score (nSPS) is 33.6. The lowest BCUT2D eigenvalue weighted by Gasteiger charge is -2.40.